The number of hydrogen-bond acceptors (Lipinski definition) is 4. The van der Waals surface area contributed by atoms with Gasteiger partial charge in [0.15, 0.2) is 0 Å². The van der Waals surface area contributed by atoms with E-state index in [1.807, 2.05) is 0 Å². The molecular formula is C10H18CuS4. The molecule has 93 valence electrons. The van der Waals surface area contributed by atoms with Crippen LogP contribution in [0, 0.1) is 0 Å². The molecule has 0 aliphatic heterocycles. The molecule has 0 aromatic rings. The van der Waals surface area contributed by atoms with Crippen LogP contribution in [0.2, 0.25) is 0 Å². The van der Waals surface area contributed by atoms with Gasteiger partial charge in [-0.05, 0) is 12.8 Å². The van der Waals surface area contributed by atoms with Gasteiger partial charge in [0.2, 0.25) is 0 Å². The third kappa shape index (κ3) is 31.3. The molecule has 15 heavy (non-hydrogen) atoms. The molecule has 0 N–H and O–H groups in total. The Morgan fingerprint density at radius 1 is 0.867 bits per heavy atom. The number of unbranched alkanes of at least 4 members (excludes halogenated alkanes) is 2. The topological polar surface area (TPSA) is 0 Å². The second kappa shape index (κ2) is 17.5. The van der Waals surface area contributed by atoms with Gasteiger partial charge in [-0.1, -0.05) is 39.5 Å². The van der Waals surface area contributed by atoms with Crippen LogP contribution in [0.3, 0.4) is 0 Å². The van der Waals surface area contributed by atoms with Crippen molar-refractivity contribution < 1.29 is 17.1 Å². The second-order valence-electron chi connectivity index (χ2n) is 2.95. The van der Waals surface area contributed by atoms with E-state index >= 15 is 0 Å². The first-order valence-electron chi connectivity index (χ1n) is 4.94. The van der Waals surface area contributed by atoms with Gasteiger partial charge in [-0.15, -0.1) is 0 Å². The number of thiocarbonyl (C=S) groups is 2. The zero-order valence-electron chi connectivity index (χ0n) is 9.18. The van der Waals surface area contributed by atoms with Gasteiger partial charge in [0.25, 0.3) is 0 Å². The molecular weight excluding hydrogens is 312 g/mol. The summed E-state index contributed by atoms with van der Waals surface area (Å²) in [6.45, 7) is 4.27. The summed E-state index contributed by atoms with van der Waals surface area (Å²) in [7, 11) is 0. The summed E-state index contributed by atoms with van der Waals surface area (Å²) in [5.41, 5.74) is 0. The molecule has 0 spiro atoms. The summed E-state index contributed by atoms with van der Waals surface area (Å²) in [6, 6.07) is 0. The Morgan fingerprint density at radius 3 is 1.20 bits per heavy atom. The summed E-state index contributed by atoms with van der Waals surface area (Å²) >= 11 is 18.7. The van der Waals surface area contributed by atoms with Gasteiger partial charge in [0.1, 0.15) is 0 Å². The summed E-state index contributed by atoms with van der Waals surface area (Å²) in [5.74, 6) is 0. The van der Waals surface area contributed by atoms with E-state index in [0.29, 0.717) is 0 Å². The van der Waals surface area contributed by atoms with Crippen LogP contribution in [-0.2, 0) is 42.3 Å². The van der Waals surface area contributed by atoms with Gasteiger partial charge >= 0.3 is 17.1 Å². The van der Waals surface area contributed by atoms with Gasteiger partial charge in [-0.25, -0.2) is 0 Å². The first-order chi connectivity index (χ1) is 6.54. The number of hydrogen-bond donors (Lipinski definition) is 0. The molecule has 0 saturated carbocycles. The van der Waals surface area contributed by atoms with Crippen LogP contribution in [0.1, 0.15) is 52.4 Å². The molecule has 0 aromatic heterocycles. The van der Waals surface area contributed by atoms with Gasteiger partial charge < -0.3 is 49.7 Å². The Labute approximate surface area is 127 Å². The summed E-state index contributed by atoms with van der Waals surface area (Å²) in [6.07, 6.45) is 6.58. The molecule has 0 atom stereocenters. The van der Waals surface area contributed by atoms with Crippen LogP contribution in [0.25, 0.3) is 0 Å². The third-order valence-corrected chi connectivity index (χ3v) is 2.29. The van der Waals surface area contributed by atoms with Crippen molar-refractivity contribution >= 4 is 58.1 Å². The van der Waals surface area contributed by atoms with Crippen LogP contribution in [-0.4, -0.2) is 8.39 Å². The maximum Gasteiger partial charge on any atom is 2.00 e. The molecule has 0 bridgehead atoms. The summed E-state index contributed by atoms with van der Waals surface area (Å²) in [5, 5.41) is 0. The molecule has 0 rings (SSSR count). The molecule has 0 unspecified atom stereocenters. The van der Waals surface area contributed by atoms with Crippen molar-refractivity contribution in [3.8, 4) is 0 Å². The third-order valence-electron chi connectivity index (χ3n) is 1.47. The molecule has 5 heteroatoms. The molecule has 0 aromatic carbocycles. The predicted octanol–water partition coefficient (Wildman–Crippen LogP) is 4.10. The van der Waals surface area contributed by atoms with Gasteiger partial charge in [-0.2, -0.15) is 8.39 Å². The molecule has 0 heterocycles. The van der Waals surface area contributed by atoms with E-state index in [9.17, 15) is 0 Å². The van der Waals surface area contributed by atoms with E-state index < -0.39 is 0 Å². The Kier molecular flexibility index (Phi) is 25.0. The second-order valence-corrected chi connectivity index (χ2v) is 5.44. The van der Waals surface area contributed by atoms with Crippen molar-refractivity contribution in [3.05, 3.63) is 0 Å². The van der Waals surface area contributed by atoms with Crippen LogP contribution in [0.4, 0.5) is 0 Å². The fraction of sp³-hybridized carbons (Fsp3) is 0.800. The molecule has 0 saturated heterocycles. The standard InChI is InChI=1S/2C5H10S2.Cu/c2*1-2-3-4-5(6)7;/h2*2-4H2,1H3,(H,6,7);/q;;+2/p-2. The van der Waals surface area contributed by atoms with Crippen LogP contribution in [0.5, 0.6) is 0 Å². The monoisotopic (exact) mass is 329 g/mol. The van der Waals surface area contributed by atoms with Gasteiger partial charge in [0, 0.05) is 0 Å². The van der Waals surface area contributed by atoms with Crippen molar-refractivity contribution in [1.82, 2.24) is 0 Å². The van der Waals surface area contributed by atoms with E-state index in [2.05, 4.69) is 63.5 Å². The van der Waals surface area contributed by atoms with Crippen LogP contribution in [0.15, 0.2) is 0 Å². The fourth-order valence-electron chi connectivity index (χ4n) is 0.642. The molecule has 0 aliphatic carbocycles. The van der Waals surface area contributed by atoms with Crippen molar-refractivity contribution in [2.24, 2.45) is 0 Å². The Hall–Kier alpha value is 1.14. The minimum absolute atomic E-state index is 0. The average molecular weight is 330 g/mol. The normalized spacial score (nSPS) is 8.13. The zero-order valence-corrected chi connectivity index (χ0v) is 13.4. The Balaban J connectivity index is -0.000000180. The predicted molar refractivity (Wildman–Crippen MR) is 79.0 cm³/mol. The van der Waals surface area contributed by atoms with E-state index in [4.69, 9.17) is 0 Å². The van der Waals surface area contributed by atoms with Crippen molar-refractivity contribution in [3.63, 3.8) is 0 Å². The molecule has 0 fully saturated rings. The zero-order chi connectivity index (χ0) is 11.4. The van der Waals surface area contributed by atoms with Crippen LogP contribution < -0.4 is 0 Å². The largest absolute Gasteiger partial charge is 2.00 e. The Morgan fingerprint density at radius 2 is 1.13 bits per heavy atom. The van der Waals surface area contributed by atoms with E-state index in [0.717, 1.165) is 34.1 Å². The smallest absolute Gasteiger partial charge is 0.433 e. The van der Waals surface area contributed by atoms with Crippen LogP contribution >= 0.6 is 24.4 Å². The van der Waals surface area contributed by atoms with E-state index in [1.165, 1.54) is 12.8 Å². The average Bonchev–Trinajstić information content (AvgIpc) is 2.12. The van der Waals surface area contributed by atoms with Gasteiger partial charge in [-0.3, -0.25) is 0 Å². The van der Waals surface area contributed by atoms with E-state index in [-0.39, 0.29) is 17.1 Å². The molecule has 1 radical (unpaired) electrons. The number of rotatable bonds is 6. The first-order valence-corrected chi connectivity index (χ1v) is 6.57. The SMILES string of the molecule is CCCCC(=S)[S-].CCCCC(=S)[S-].[Cu+2]. The molecule has 0 amide bonds. The molecule has 0 nitrogen and oxygen atoms in total. The maximum absolute atomic E-state index is 4.68. The van der Waals surface area contributed by atoms with Crippen molar-refractivity contribution in [2.45, 2.75) is 52.4 Å². The quantitative estimate of drug-likeness (QED) is 0.408. The maximum atomic E-state index is 4.68. The first kappa shape index (κ1) is 21.4. The summed E-state index contributed by atoms with van der Waals surface area (Å²) in [4.78, 5) is 0. The Bertz CT molecular complexity index is 142. The van der Waals surface area contributed by atoms with Gasteiger partial charge in [0.05, 0.1) is 0 Å². The van der Waals surface area contributed by atoms with Crippen molar-refractivity contribution in [1.29, 1.82) is 0 Å². The summed E-state index contributed by atoms with van der Waals surface area (Å²) < 4.78 is 1.45. The fourth-order valence-corrected chi connectivity index (χ4v) is 1.22. The molecule has 0 aliphatic rings. The minimum Gasteiger partial charge on any atom is -0.433 e. The van der Waals surface area contributed by atoms with Crippen molar-refractivity contribution in [2.75, 3.05) is 0 Å². The minimum atomic E-state index is 0. The van der Waals surface area contributed by atoms with E-state index in [1.54, 1.807) is 0 Å².